The topological polar surface area (TPSA) is 55.6 Å². The smallest absolute Gasteiger partial charge is 0.200 e. The number of aryl methyl sites for hydroxylation is 1. The number of anilines is 1. The van der Waals surface area contributed by atoms with Gasteiger partial charge < -0.3 is 14.1 Å². The molecule has 3 heterocycles. The molecule has 0 spiro atoms. The van der Waals surface area contributed by atoms with E-state index in [9.17, 15) is 4.79 Å². The summed E-state index contributed by atoms with van der Waals surface area (Å²) >= 11 is 0. The predicted molar refractivity (Wildman–Crippen MR) is 103 cm³/mol. The van der Waals surface area contributed by atoms with E-state index in [2.05, 4.69) is 9.88 Å². The lowest BCUT2D eigenvalue weighted by Gasteiger charge is -2.31. The van der Waals surface area contributed by atoms with Crippen molar-refractivity contribution in [3.05, 3.63) is 58.4 Å². The lowest BCUT2D eigenvalue weighted by Crippen LogP contribution is -2.37. The molecule has 26 heavy (non-hydrogen) atoms. The maximum atomic E-state index is 12.7. The van der Waals surface area contributed by atoms with Crippen molar-refractivity contribution >= 4 is 16.9 Å². The number of hydrogen-bond acceptors (Lipinski definition) is 5. The molecule has 1 fully saturated rings. The minimum atomic E-state index is -0.0441. The first-order valence-electron chi connectivity index (χ1n) is 8.94. The standard InChI is InChI=1S/C21H22N2O3/c1-14-5-3-4-6-16(14)20-21-17(7-10-22-20)18(24)13-19(26-21)23(2)15-8-11-25-12-9-15/h3-7,10,13,15H,8-9,11-12H2,1-2H3. The van der Waals surface area contributed by atoms with Crippen LogP contribution in [-0.2, 0) is 4.74 Å². The number of pyridine rings is 1. The molecule has 0 radical (unpaired) electrons. The van der Waals surface area contributed by atoms with Gasteiger partial charge in [0.05, 0.1) is 5.39 Å². The van der Waals surface area contributed by atoms with E-state index in [1.165, 1.54) is 0 Å². The lowest BCUT2D eigenvalue weighted by atomic mass is 10.0. The highest BCUT2D eigenvalue weighted by Crippen LogP contribution is 2.30. The van der Waals surface area contributed by atoms with E-state index in [-0.39, 0.29) is 5.43 Å². The quantitative estimate of drug-likeness (QED) is 0.719. The Kier molecular flexibility index (Phi) is 4.47. The molecule has 2 aromatic heterocycles. The van der Waals surface area contributed by atoms with Crippen LogP contribution in [0, 0.1) is 6.92 Å². The Morgan fingerprint density at radius 3 is 2.69 bits per heavy atom. The van der Waals surface area contributed by atoms with Gasteiger partial charge in [-0.3, -0.25) is 9.78 Å². The summed E-state index contributed by atoms with van der Waals surface area (Å²) in [6, 6.07) is 11.6. The highest BCUT2D eigenvalue weighted by Gasteiger charge is 2.22. The van der Waals surface area contributed by atoms with Crippen LogP contribution >= 0.6 is 0 Å². The van der Waals surface area contributed by atoms with Gasteiger partial charge in [0, 0.05) is 44.1 Å². The maximum absolute atomic E-state index is 12.7. The van der Waals surface area contributed by atoms with Crippen LogP contribution in [0.4, 0.5) is 5.88 Å². The Hall–Kier alpha value is -2.66. The summed E-state index contributed by atoms with van der Waals surface area (Å²) in [6.45, 7) is 3.51. The van der Waals surface area contributed by atoms with Crippen molar-refractivity contribution in [2.75, 3.05) is 25.2 Å². The van der Waals surface area contributed by atoms with Gasteiger partial charge in [-0.2, -0.15) is 0 Å². The van der Waals surface area contributed by atoms with Crippen LogP contribution in [0.25, 0.3) is 22.2 Å². The molecule has 0 amide bonds. The Morgan fingerprint density at radius 2 is 1.92 bits per heavy atom. The molecule has 3 aromatic rings. The molecule has 0 unspecified atom stereocenters. The van der Waals surface area contributed by atoms with E-state index in [0.717, 1.165) is 37.2 Å². The number of ether oxygens (including phenoxy) is 1. The van der Waals surface area contributed by atoms with Crippen molar-refractivity contribution in [1.29, 1.82) is 0 Å². The average Bonchev–Trinajstić information content (AvgIpc) is 2.68. The molecule has 5 heteroatoms. The van der Waals surface area contributed by atoms with Crippen LogP contribution < -0.4 is 10.3 Å². The van der Waals surface area contributed by atoms with Gasteiger partial charge in [-0.15, -0.1) is 0 Å². The summed E-state index contributed by atoms with van der Waals surface area (Å²) in [6.07, 6.45) is 3.52. The molecular formula is C21H22N2O3. The zero-order valence-electron chi connectivity index (χ0n) is 15.1. The minimum absolute atomic E-state index is 0.0441. The van der Waals surface area contributed by atoms with Crippen LogP contribution in [0.1, 0.15) is 18.4 Å². The molecule has 1 aliphatic rings. The van der Waals surface area contributed by atoms with Crippen LogP contribution in [-0.4, -0.2) is 31.3 Å². The van der Waals surface area contributed by atoms with Crippen LogP contribution in [0.5, 0.6) is 0 Å². The number of benzene rings is 1. The number of nitrogens with zero attached hydrogens (tertiary/aromatic N) is 2. The fourth-order valence-corrected chi connectivity index (χ4v) is 3.53. The zero-order valence-corrected chi connectivity index (χ0v) is 15.1. The first kappa shape index (κ1) is 16.8. The summed E-state index contributed by atoms with van der Waals surface area (Å²) in [5, 5.41) is 0.558. The lowest BCUT2D eigenvalue weighted by molar-refractivity contribution is 0.0848. The Balaban J connectivity index is 1.86. The van der Waals surface area contributed by atoms with E-state index >= 15 is 0 Å². The van der Waals surface area contributed by atoms with Crippen LogP contribution in [0.2, 0.25) is 0 Å². The molecule has 0 saturated carbocycles. The molecule has 0 bridgehead atoms. The van der Waals surface area contributed by atoms with E-state index in [0.29, 0.717) is 28.6 Å². The molecule has 1 aromatic carbocycles. The summed E-state index contributed by atoms with van der Waals surface area (Å²) in [5.74, 6) is 0.581. The van der Waals surface area contributed by atoms with Crippen molar-refractivity contribution < 1.29 is 9.15 Å². The van der Waals surface area contributed by atoms with Gasteiger partial charge in [0.2, 0.25) is 0 Å². The van der Waals surface area contributed by atoms with Crippen LogP contribution in [0.3, 0.4) is 0 Å². The monoisotopic (exact) mass is 350 g/mol. The Morgan fingerprint density at radius 1 is 1.15 bits per heavy atom. The van der Waals surface area contributed by atoms with E-state index in [1.807, 2.05) is 38.2 Å². The third kappa shape index (κ3) is 2.99. The third-order valence-electron chi connectivity index (χ3n) is 5.12. The molecule has 0 aliphatic carbocycles. The molecule has 4 rings (SSSR count). The van der Waals surface area contributed by atoms with Gasteiger partial charge in [0.15, 0.2) is 16.9 Å². The highest BCUT2D eigenvalue weighted by atomic mass is 16.5. The average molecular weight is 350 g/mol. The normalized spacial score (nSPS) is 15.3. The van der Waals surface area contributed by atoms with Crippen molar-refractivity contribution in [2.24, 2.45) is 0 Å². The predicted octanol–water partition coefficient (Wildman–Crippen LogP) is 3.78. The SMILES string of the molecule is Cc1ccccc1-c1nccc2c(=O)cc(N(C)C3CCOCC3)oc12. The maximum Gasteiger partial charge on any atom is 0.200 e. The van der Waals surface area contributed by atoms with Gasteiger partial charge in [0.25, 0.3) is 0 Å². The Bertz CT molecular complexity index is 990. The van der Waals surface area contributed by atoms with Crippen LogP contribution in [0.15, 0.2) is 51.8 Å². The molecule has 1 saturated heterocycles. The molecule has 0 N–H and O–H groups in total. The second-order valence-corrected chi connectivity index (χ2v) is 6.75. The molecule has 1 aliphatic heterocycles. The number of aromatic nitrogens is 1. The summed E-state index contributed by atoms with van der Waals surface area (Å²) in [5.41, 5.74) is 3.28. The highest BCUT2D eigenvalue weighted by molar-refractivity contribution is 5.90. The molecule has 5 nitrogen and oxygen atoms in total. The largest absolute Gasteiger partial charge is 0.438 e. The molecule has 134 valence electrons. The zero-order chi connectivity index (χ0) is 18.1. The van der Waals surface area contributed by atoms with Crippen molar-refractivity contribution in [3.8, 4) is 11.3 Å². The number of hydrogen-bond donors (Lipinski definition) is 0. The van der Waals surface area contributed by atoms with E-state index < -0.39 is 0 Å². The summed E-state index contributed by atoms with van der Waals surface area (Å²) in [4.78, 5) is 19.3. The molecule has 0 atom stereocenters. The second kappa shape index (κ2) is 6.92. The van der Waals surface area contributed by atoms with Crippen molar-refractivity contribution in [3.63, 3.8) is 0 Å². The van der Waals surface area contributed by atoms with E-state index in [4.69, 9.17) is 9.15 Å². The fourth-order valence-electron chi connectivity index (χ4n) is 3.53. The van der Waals surface area contributed by atoms with E-state index in [1.54, 1.807) is 18.3 Å². The fraction of sp³-hybridized carbons (Fsp3) is 0.333. The van der Waals surface area contributed by atoms with Gasteiger partial charge in [-0.25, -0.2) is 0 Å². The van der Waals surface area contributed by atoms with Crippen molar-refractivity contribution in [2.45, 2.75) is 25.8 Å². The van der Waals surface area contributed by atoms with Gasteiger partial charge in [-0.1, -0.05) is 24.3 Å². The van der Waals surface area contributed by atoms with Crippen molar-refractivity contribution in [1.82, 2.24) is 4.98 Å². The summed E-state index contributed by atoms with van der Waals surface area (Å²) in [7, 11) is 1.98. The minimum Gasteiger partial charge on any atom is -0.438 e. The summed E-state index contributed by atoms with van der Waals surface area (Å²) < 4.78 is 11.7. The van der Waals surface area contributed by atoms with Gasteiger partial charge in [-0.05, 0) is 31.4 Å². The van der Waals surface area contributed by atoms with Gasteiger partial charge in [0.1, 0.15) is 5.69 Å². The number of fused-ring (bicyclic) bond motifs is 1. The molecular weight excluding hydrogens is 328 g/mol. The first-order chi connectivity index (χ1) is 12.6. The number of rotatable bonds is 3. The van der Waals surface area contributed by atoms with Gasteiger partial charge >= 0.3 is 0 Å². The third-order valence-corrected chi connectivity index (χ3v) is 5.12. The Labute approximate surface area is 152 Å². The first-order valence-corrected chi connectivity index (χ1v) is 8.94. The second-order valence-electron chi connectivity index (χ2n) is 6.75.